The van der Waals surface area contributed by atoms with Gasteiger partial charge in [0.15, 0.2) is 0 Å². The monoisotopic (exact) mass is 385 g/mol. The quantitative estimate of drug-likeness (QED) is 0.662. The fraction of sp³-hybridized carbons (Fsp3) is 0.176. The molecular weight excluding hydrogens is 373 g/mol. The van der Waals surface area contributed by atoms with Gasteiger partial charge in [-0.1, -0.05) is 0 Å². The number of hydrogen-bond donors (Lipinski definition) is 1. The summed E-state index contributed by atoms with van der Waals surface area (Å²) in [4.78, 5) is 3.56. The van der Waals surface area contributed by atoms with Gasteiger partial charge in [0, 0.05) is 5.56 Å². The number of benzene rings is 2. The van der Waals surface area contributed by atoms with Crippen molar-refractivity contribution < 1.29 is 31.8 Å². The average Bonchev–Trinajstić information content (AvgIpc) is 3.11. The summed E-state index contributed by atoms with van der Waals surface area (Å²) >= 11 is 0. The number of aromatic nitrogens is 3. The minimum Gasteiger partial charge on any atom is -0.430 e. The van der Waals surface area contributed by atoms with Crippen LogP contribution in [0.25, 0.3) is 0 Å². The number of ether oxygens (including phenoxy) is 1. The normalized spacial score (nSPS) is 14.0. The minimum atomic E-state index is -4.45. The van der Waals surface area contributed by atoms with E-state index in [9.17, 15) is 27.1 Å². The number of hydrogen-bond acceptors (Lipinski definition) is 4. The van der Waals surface area contributed by atoms with Crippen LogP contribution in [0, 0.1) is 17.5 Å². The van der Waals surface area contributed by atoms with Gasteiger partial charge in [-0.25, -0.2) is 22.8 Å². The standard InChI is InChI=1S/C17H12F5N3O2/c18-11-1-4-13(5-2-11)27-17(21,22)16(26,8-25-10-23-9-24-25)14-7-12(19)3-6-15(14)20/h1-7,9-10,26H,8H2. The summed E-state index contributed by atoms with van der Waals surface area (Å²) in [7, 11) is 0. The van der Waals surface area contributed by atoms with Crippen LogP contribution in [0.4, 0.5) is 22.0 Å². The second-order valence-electron chi connectivity index (χ2n) is 5.65. The van der Waals surface area contributed by atoms with E-state index in [1.165, 1.54) is 0 Å². The van der Waals surface area contributed by atoms with Crippen molar-refractivity contribution in [2.75, 3.05) is 0 Å². The van der Waals surface area contributed by atoms with E-state index in [2.05, 4.69) is 14.8 Å². The smallest absolute Gasteiger partial charge is 0.430 e. The third-order valence-electron chi connectivity index (χ3n) is 3.77. The van der Waals surface area contributed by atoms with Crippen LogP contribution in [0.1, 0.15) is 5.56 Å². The Morgan fingerprint density at radius 2 is 1.67 bits per heavy atom. The largest absolute Gasteiger partial charge is 0.433 e. The Hall–Kier alpha value is -3.01. The van der Waals surface area contributed by atoms with Gasteiger partial charge in [-0.2, -0.15) is 13.9 Å². The SMILES string of the molecule is OC(Cn1cncn1)(c1cc(F)ccc1F)C(F)(F)Oc1ccc(F)cc1. The van der Waals surface area contributed by atoms with Crippen molar-refractivity contribution in [1.82, 2.24) is 14.8 Å². The first-order valence-electron chi connectivity index (χ1n) is 7.54. The Balaban J connectivity index is 2.07. The first-order valence-corrected chi connectivity index (χ1v) is 7.54. The molecule has 0 bridgehead atoms. The van der Waals surface area contributed by atoms with Gasteiger partial charge in [0.25, 0.3) is 0 Å². The number of halogens is 5. The van der Waals surface area contributed by atoms with Crippen molar-refractivity contribution in [1.29, 1.82) is 0 Å². The van der Waals surface area contributed by atoms with Gasteiger partial charge in [-0.05, 0) is 42.5 Å². The van der Waals surface area contributed by atoms with Gasteiger partial charge in [-0.15, -0.1) is 0 Å². The van der Waals surface area contributed by atoms with Crippen molar-refractivity contribution in [3.05, 3.63) is 78.1 Å². The van der Waals surface area contributed by atoms with E-state index < -0.39 is 47.0 Å². The molecule has 0 radical (unpaired) electrons. The summed E-state index contributed by atoms with van der Waals surface area (Å²) in [6.45, 7) is -0.998. The zero-order valence-electron chi connectivity index (χ0n) is 13.5. The van der Waals surface area contributed by atoms with Crippen molar-refractivity contribution in [3.8, 4) is 5.75 Å². The Bertz CT molecular complexity index is 919. The lowest BCUT2D eigenvalue weighted by atomic mass is 9.91. The van der Waals surface area contributed by atoms with Crippen LogP contribution in [0.5, 0.6) is 5.75 Å². The highest BCUT2D eigenvalue weighted by atomic mass is 19.3. The molecular formula is C17H12F5N3O2. The maximum Gasteiger partial charge on any atom is 0.433 e. The van der Waals surface area contributed by atoms with Crippen LogP contribution in [0.3, 0.4) is 0 Å². The number of alkyl halides is 2. The highest BCUT2D eigenvalue weighted by molar-refractivity contribution is 5.29. The lowest BCUT2D eigenvalue weighted by Gasteiger charge is -2.35. The average molecular weight is 385 g/mol. The lowest BCUT2D eigenvalue weighted by Crippen LogP contribution is -2.52. The van der Waals surface area contributed by atoms with Crippen molar-refractivity contribution >= 4 is 0 Å². The molecule has 0 fully saturated rings. The van der Waals surface area contributed by atoms with Crippen molar-refractivity contribution in [2.45, 2.75) is 18.3 Å². The molecule has 0 aliphatic carbocycles. The molecule has 1 aromatic heterocycles. The van der Waals surface area contributed by atoms with Gasteiger partial charge in [0.05, 0.1) is 6.54 Å². The molecule has 0 saturated carbocycles. The molecule has 0 aliphatic heterocycles. The van der Waals surface area contributed by atoms with Crippen molar-refractivity contribution in [2.24, 2.45) is 0 Å². The predicted octanol–water partition coefficient (Wildman–Crippen LogP) is 3.26. The Labute approximate surface area is 149 Å². The van der Waals surface area contributed by atoms with Crippen LogP contribution >= 0.6 is 0 Å². The van der Waals surface area contributed by atoms with Gasteiger partial charge < -0.3 is 9.84 Å². The molecule has 27 heavy (non-hydrogen) atoms. The topological polar surface area (TPSA) is 60.2 Å². The fourth-order valence-electron chi connectivity index (χ4n) is 2.43. The third-order valence-corrected chi connectivity index (χ3v) is 3.77. The number of rotatable bonds is 6. The van der Waals surface area contributed by atoms with Gasteiger partial charge in [-0.3, -0.25) is 0 Å². The van der Waals surface area contributed by atoms with Crippen LogP contribution < -0.4 is 4.74 Å². The van der Waals surface area contributed by atoms with E-state index in [0.717, 1.165) is 41.6 Å². The van der Waals surface area contributed by atoms with E-state index in [0.29, 0.717) is 18.2 Å². The molecule has 1 unspecified atom stereocenters. The second-order valence-corrected chi connectivity index (χ2v) is 5.65. The summed E-state index contributed by atoms with van der Waals surface area (Å²) in [6.07, 6.45) is -2.43. The van der Waals surface area contributed by atoms with E-state index in [1.54, 1.807) is 0 Å². The summed E-state index contributed by atoms with van der Waals surface area (Å²) in [6, 6.07) is 5.30. The molecule has 5 nitrogen and oxygen atoms in total. The zero-order valence-corrected chi connectivity index (χ0v) is 13.5. The van der Waals surface area contributed by atoms with E-state index in [1.807, 2.05) is 0 Å². The molecule has 1 atom stereocenters. The summed E-state index contributed by atoms with van der Waals surface area (Å²) in [5.74, 6) is -3.50. The van der Waals surface area contributed by atoms with E-state index >= 15 is 0 Å². The van der Waals surface area contributed by atoms with E-state index in [-0.39, 0.29) is 0 Å². The molecule has 0 spiro atoms. The molecule has 0 amide bonds. The highest BCUT2D eigenvalue weighted by Crippen LogP contribution is 2.42. The van der Waals surface area contributed by atoms with Crippen LogP contribution in [-0.2, 0) is 12.1 Å². The molecule has 142 valence electrons. The predicted molar refractivity (Wildman–Crippen MR) is 82.3 cm³/mol. The summed E-state index contributed by atoms with van der Waals surface area (Å²) in [5.41, 5.74) is -4.40. The molecule has 0 saturated heterocycles. The molecule has 3 rings (SSSR count). The molecule has 1 heterocycles. The third kappa shape index (κ3) is 3.75. The second kappa shape index (κ2) is 6.95. The zero-order chi connectivity index (χ0) is 19.7. The maximum atomic E-state index is 14.9. The molecule has 2 aromatic carbocycles. The van der Waals surface area contributed by atoms with Crippen LogP contribution in [0.15, 0.2) is 55.1 Å². The minimum absolute atomic E-state index is 0.439. The lowest BCUT2D eigenvalue weighted by molar-refractivity contribution is -0.301. The number of aliphatic hydroxyl groups is 1. The first-order chi connectivity index (χ1) is 12.7. The Morgan fingerprint density at radius 3 is 2.30 bits per heavy atom. The highest BCUT2D eigenvalue weighted by Gasteiger charge is 2.58. The van der Waals surface area contributed by atoms with Gasteiger partial charge in [0.2, 0.25) is 5.60 Å². The van der Waals surface area contributed by atoms with Gasteiger partial charge in [0.1, 0.15) is 35.9 Å². The van der Waals surface area contributed by atoms with Crippen LogP contribution in [-0.4, -0.2) is 26.0 Å². The van der Waals surface area contributed by atoms with E-state index in [4.69, 9.17) is 0 Å². The molecule has 1 N–H and O–H groups in total. The molecule has 0 aliphatic rings. The van der Waals surface area contributed by atoms with Gasteiger partial charge >= 0.3 is 6.11 Å². The van der Waals surface area contributed by atoms with Crippen molar-refractivity contribution in [3.63, 3.8) is 0 Å². The summed E-state index contributed by atoms with van der Waals surface area (Å²) < 4.78 is 75.9. The Kier molecular flexibility index (Phi) is 4.83. The summed E-state index contributed by atoms with van der Waals surface area (Å²) in [5, 5.41) is 14.4. The molecule has 10 heteroatoms. The Morgan fingerprint density at radius 1 is 1.00 bits per heavy atom. The fourth-order valence-corrected chi connectivity index (χ4v) is 2.43. The first kappa shape index (κ1) is 18.8. The molecule has 3 aromatic rings. The number of nitrogens with zero attached hydrogens (tertiary/aromatic N) is 3. The maximum absolute atomic E-state index is 14.9. The van der Waals surface area contributed by atoms with Crippen LogP contribution in [0.2, 0.25) is 0 Å².